The number of aliphatic hydroxyl groups excluding tert-OH is 1. The van der Waals surface area contributed by atoms with Gasteiger partial charge in [-0.25, -0.2) is 4.98 Å². The normalized spacial score (nSPS) is 30.1. The highest BCUT2D eigenvalue weighted by Gasteiger charge is 2.50. The fraction of sp³-hybridized carbons (Fsp3) is 0.490. The quantitative estimate of drug-likeness (QED) is 0.0928. The van der Waals surface area contributed by atoms with Crippen LogP contribution >= 0.6 is 0 Å². The number of benzene rings is 3. The van der Waals surface area contributed by atoms with Crippen LogP contribution in [0, 0.1) is 30.6 Å². The van der Waals surface area contributed by atoms with Gasteiger partial charge in [0.1, 0.15) is 46.4 Å². The number of nitrogens with zero attached hydrogens (tertiary/aromatic N) is 1. The molecule has 4 N–H and O–H groups in total. The van der Waals surface area contributed by atoms with Crippen LogP contribution in [0.25, 0.3) is 33.3 Å². The largest absolute Gasteiger partial charge is 0.507 e. The molecule has 1 saturated heterocycles. The number of rotatable bonds is 5. The van der Waals surface area contributed by atoms with Gasteiger partial charge >= 0.3 is 11.8 Å². The number of anilines is 1. The molecule has 0 radical (unpaired) electrons. The lowest BCUT2D eigenvalue weighted by molar-refractivity contribution is -0.162. The summed E-state index contributed by atoms with van der Waals surface area (Å²) in [6, 6.07) is 5.12. The average molecular weight is 898 g/mol. The number of aromatic hydroxyl groups is 1. The maximum Gasteiger partial charge on any atom is 0.312 e. The number of allylic oxidation sites excluding steroid dienone is 2. The lowest BCUT2D eigenvalue weighted by Crippen LogP contribution is -2.47. The molecule has 2 aromatic carbocycles. The number of aromatic nitrogens is 1. The Hall–Kier alpha value is -5.81. The van der Waals surface area contributed by atoms with Crippen LogP contribution in [-0.2, 0) is 28.5 Å². The van der Waals surface area contributed by atoms with E-state index in [1.165, 1.54) is 41.3 Å². The fourth-order valence-corrected chi connectivity index (χ4v) is 9.38. The average Bonchev–Trinajstić information content (AvgIpc) is 3.55. The number of esters is 1. The molecule has 16 heteroatoms. The van der Waals surface area contributed by atoms with Crippen molar-refractivity contribution in [2.24, 2.45) is 23.7 Å². The lowest BCUT2D eigenvalue weighted by atomic mass is 9.78. The smallest absolute Gasteiger partial charge is 0.312 e. The number of hydrogen-bond donors (Lipinski definition) is 4. The van der Waals surface area contributed by atoms with E-state index in [1.54, 1.807) is 49.4 Å². The predicted octanol–water partition coefficient (Wildman–Crippen LogP) is 6.73. The number of ketones is 1. The highest BCUT2D eigenvalue weighted by atomic mass is 16.7. The summed E-state index contributed by atoms with van der Waals surface area (Å²) >= 11 is 0. The van der Waals surface area contributed by atoms with Crippen LogP contribution in [0.15, 0.2) is 63.6 Å². The molecule has 1 amide bonds. The molecule has 1 fully saturated rings. The molecule has 5 aliphatic heterocycles. The Morgan fingerprint density at radius 2 is 1.68 bits per heavy atom. The Balaban J connectivity index is 1.42. The summed E-state index contributed by atoms with van der Waals surface area (Å²) < 4.78 is 42.9. The number of piperidine rings is 1. The molecule has 5 heterocycles. The number of ether oxygens (including phenoxy) is 6. The van der Waals surface area contributed by atoms with E-state index in [9.17, 15) is 29.4 Å². The Bertz CT molecular complexity index is 2610. The van der Waals surface area contributed by atoms with E-state index in [0.717, 1.165) is 25.9 Å². The van der Waals surface area contributed by atoms with E-state index in [1.807, 2.05) is 27.7 Å². The minimum atomic E-state index is -2.02. The number of aliphatic hydroxyl groups is 1. The molecule has 9 atom stereocenters. The molecule has 8 rings (SSSR count). The van der Waals surface area contributed by atoms with Crippen LogP contribution in [0.4, 0.5) is 5.69 Å². The summed E-state index contributed by atoms with van der Waals surface area (Å²) in [4.78, 5) is 61.0. The summed E-state index contributed by atoms with van der Waals surface area (Å²) in [6.45, 7) is 14.8. The number of hydrogen-bond acceptors (Lipinski definition) is 15. The minimum Gasteiger partial charge on any atom is -0.507 e. The van der Waals surface area contributed by atoms with Gasteiger partial charge in [0, 0.05) is 74.3 Å². The van der Waals surface area contributed by atoms with Crippen LogP contribution < -0.4 is 25.5 Å². The van der Waals surface area contributed by atoms with Crippen molar-refractivity contribution in [3.63, 3.8) is 0 Å². The SMILES string of the molecule is CO[C@H]1[C@@H](C)[C@H](OC(C)=O)[C@H](C)[C@@H](OC)/C=C/O[C@@]2(C)Oc3c(C)c(O)c4c(=O)c(c5oc6cc(OC7CCNCC7)ccc6nc-5c4c3C2=O)NC(=O)/C(C)=C\C=C\[C@H](C)[C@H](O)[C@H]1C. The first-order valence-corrected chi connectivity index (χ1v) is 22.0. The van der Waals surface area contributed by atoms with Crippen molar-refractivity contribution in [1.82, 2.24) is 10.3 Å². The lowest BCUT2D eigenvalue weighted by Gasteiger charge is -2.39. The maximum atomic E-state index is 14.8. The molecule has 0 saturated carbocycles. The minimum absolute atomic E-state index is 0.00102. The van der Waals surface area contributed by atoms with Gasteiger partial charge in [-0.15, -0.1) is 0 Å². The zero-order valence-electron chi connectivity index (χ0n) is 38.5. The molecule has 0 unspecified atom stereocenters. The van der Waals surface area contributed by atoms with Gasteiger partial charge in [0.2, 0.25) is 5.43 Å². The molecule has 6 aliphatic rings. The van der Waals surface area contributed by atoms with E-state index in [-0.39, 0.29) is 62.1 Å². The van der Waals surface area contributed by atoms with Gasteiger partial charge in [0.05, 0.1) is 35.5 Å². The Labute approximate surface area is 377 Å². The molecule has 0 aromatic heterocycles. The fourth-order valence-electron chi connectivity index (χ4n) is 9.38. The van der Waals surface area contributed by atoms with E-state index >= 15 is 0 Å². The maximum absolute atomic E-state index is 14.8. The third-order valence-corrected chi connectivity index (χ3v) is 13.1. The van der Waals surface area contributed by atoms with Crippen LogP contribution in [0.5, 0.6) is 17.2 Å². The van der Waals surface area contributed by atoms with Gasteiger partial charge in [-0.05, 0) is 58.0 Å². The Morgan fingerprint density at radius 3 is 2.35 bits per heavy atom. The van der Waals surface area contributed by atoms with E-state index < -0.39 is 82.7 Å². The number of methoxy groups -OCH3 is 2. The first kappa shape index (κ1) is 47.2. The summed E-state index contributed by atoms with van der Waals surface area (Å²) in [5, 5.41) is 29.1. The van der Waals surface area contributed by atoms with Crippen molar-refractivity contribution >= 4 is 45.2 Å². The first-order chi connectivity index (χ1) is 30.9. The van der Waals surface area contributed by atoms with E-state index in [2.05, 4.69) is 10.6 Å². The van der Waals surface area contributed by atoms with Crippen LogP contribution in [0.3, 0.4) is 0 Å². The standard InChI is InChI=1S/C49H59N3O13/c1-23-12-11-13-24(2)48(58)52-39-42(56)36-35(38-46(39)64-34-22-31(14-15-32(34)51-38)63-30-16-19-50-20-17-30)37-45(27(5)41(36)55)65-49(8,47(37)57)61-21-18-33(59-9)25(3)44(62-29(7)53)28(6)43(60-10)26(4)40(23)54/h11-15,18,21-23,25-26,28,30,33,40,43-44,50,54-55H,16-17,19-20H2,1-10H3,(H,52,58)/b12-11+,21-18+,24-13-/t23-,25+,26+,28+,33-,40-,43+,44+,49-/m0/s1. The number of fused-ring (bicyclic) bond motifs is 14. The van der Waals surface area contributed by atoms with Gasteiger partial charge in [0.15, 0.2) is 11.3 Å². The second-order valence-electron chi connectivity index (χ2n) is 17.6. The Morgan fingerprint density at radius 1 is 0.954 bits per heavy atom. The number of carbonyl (C=O) groups excluding carboxylic acids is 3. The van der Waals surface area contributed by atoms with E-state index in [4.69, 9.17) is 37.8 Å². The molecule has 65 heavy (non-hydrogen) atoms. The van der Waals surface area contributed by atoms with E-state index in [0.29, 0.717) is 11.3 Å². The number of phenolic OH excluding ortho intramolecular Hbond substituents is 1. The molecular weight excluding hydrogens is 839 g/mol. The molecule has 2 aromatic rings. The van der Waals surface area contributed by atoms with Crippen LogP contribution in [-0.4, -0.2) is 96.5 Å². The molecule has 348 valence electrons. The highest BCUT2D eigenvalue weighted by molar-refractivity contribution is 6.22. The van der Waals surface area contributed by atoms with Crippen molar-refractivity contribution in [2.45, 2.75) is 105 Å². The van der Waals surface area contributed by atoms with Gasteiger partial charge in [0.25, 0.3) is 11.7 Å². The second kappa shape index (κ2) is 19.0. The van der Waals surface area contributed by atoms with Gasteiger partial charge in [-0.1, -0.05) is 45.9 Å². The van der Waals surface area contributed by atoms with Gasteiger partial charge in [-0.3, -0.25) is 19.2 Å². The molecule has 1 aliphatic carbocycles. The topological polar surface area (TPSA) is 214 Å². The summed E-state index contributed by atoms with van der Waals surface area (Å²) in [6.07, 6.45) is 6.33. The Kier molecular flexibility index (Phi) is 13.8. The van der Waals surface area contributed by atoms with Crippen molar-refractivity contribution in [1.29, 1.82) is 0 Å². The number of amides is 1. The van der Waals surface area contributed by atoms with Crippen molar-refractivity contribution in [3.8, 4) is 28.7 Å². The van der Waals surface area contributed by atoms with Crippen molar-refractivity contribution in [3.05, 3.63) is 75.7 Å². The first-order valence-electron chi connectivity index (χ1n) is 22.0. The van der Waals surface area contributed by atoms with Crippen molar-refractivity contribution in [2.75, 3.05) is 32.6 Å². The van der Waals surface area contributed by atoms with Gasteiger partial charge in [-0.2, -0.15) is 0 Å². The summed E-state index contributed by atoms with van der Waals surface area (Å²) in [7, 11) is 3.02. The monoisotopic (exact) mass is 897 g/mol. The summed E-state index contributed by atoms with van der Waals surface area (Å²) in [5.41, 5.74) is -0.372. The summed E-state index contributed by atoms with van der Waals surface area (Å²) in [5.74, 6) is -5.91. The molecule has 16 nitrogen and oxygen atoms in total. The third-order valence-electron chi connectivity index (χ3n) is 13.1. The van der Waals surface area contributed by atoms with Crippen molar-refractivity contribution < 1.29 is 57.4 Å². The number of phenols is 1. The van der Waals surface area contributed by atoms with Crippen LogP contribution in [0.2, 0.25) is 0 Å². The van der Waals surface area contributed by atoms with Crippen LogP contribution in [0.1, 0.15) is 77.2 Å². The number of carbonyl (C=O) groups is 3. The molecule has 0 spiro atoms. The van der Waals surface area contributed by atoms with Gasteiger partial charge < -0.3 is 53.7 Å². The zero-order chi connectivity index (χ0) is 47.1. The second-order valence-corrected chi connectivity index (χ2v) is 17.6. The zero-order valence-corrected chi connectivity index (χ0v) is 38.5. The predicted molar refractivity (Wildman–Crippen MR) is 242 cm³/mol. The molecular formula is C49H59N3O13. The number of nitrogens with one attached hydrogen (secondary N) is 2. The molecule has 5 bridgehead atoms. The number of Topliss-reactive ketones (excluding diaryl/α,β-unsaturated/α-hetero) is 1. The third kappa shape index (κ3) is 8.96. The highest BCUT2D eigenvalue weighted by Crippen LogP contribution is 2.50.